The molecule has 146 valence electrons. The highest BCUT2D eigenvalue weighted by Gasteiger charge is 2.20. The average Bonchev–Trinajstić information content (AvgIpc) is 3.08. The van der Waals surface area contributed by atoms with Crippen molar-refractivity contribution in [2.75, 3.05) is 39.0 Å². The normalized spacial score (nSPS) is 15.1. The molecule has 0 spiro atoms. The summed E-state index contributed by atoms with van der Waals surface area (Å²) in [5, 5.41) is 9.76. The Morgan fingerprint density at radius 1 is 1.22 bits per heavy atom. The molecular formula is C18H24ClN5O2S. The van der Waals surface area contributed by atoms with E-state index in [1.54, 1.807) is 6.07 Å². The predicted molar refractivity (Wildman–Crippen MR) is 106 cm³/mol. The fourth-order valence-corrected chi connectivity index (χ4v) is 3.94. The van der Waals surface area contributed by atoms with Crippen LogP contribution >= 0.6 is 23.4 Å². The van der Waals surface area contributed by atoms with Crippen molar-refractivity contribution in [3.63, 3.8) is 0 Å². The Balaban J connectivity index is 1.57. The second kappa shape index (κ2) is 9.43. The molecule has 0 aliphatic carbocycles. The highest BCUT2D eigenvalue weighted by Crippen LogP contribution is 2.24. The number of para-hydroxylation sites is 1. The van der Waals surface area contributed by atoms with Crippen molar-refractivity contribution in [3.8, 4) is 5.75 Å². The van der Waals surface area contributed by atoms with E-state index in [1.807, 2.05) is 34.6 Å². The third kappa shape index (κ3) is 5.15. The van der Waals surface area contributed by atoms with Gasteiger partial charge in [0.15, 0.2) is 11.0 Å². The number of benzene rings is 1. The number of rotatable bonds is 7. The van der Waals surface area contributed by atoms with Crippen LogP contribution < -0.4 is 4.74 Å². The van der Waals surface area contributed by atoms with Crippen molar-refractivity contribution in [2.45, 2.75) is 25.2 Å². The molecule has 1 aromatic carbocycles. The Labute approximate surface area is 168 Å². The SMILES string of the molecule is CCn1c(COc2ccccc2Cl)nnc1SCC(=O)N1CCN(C)CC1. The number of piperazine rings is 1. The fourth-order valence-electron chi connectivity index (χ4n) is 2.83. The fraction of sp³-hybridized carbons (Fsp3) is 0.500. The van der Waals surface area contributed by atoms with E-state index in [1.165, 1.54) is 11.8 Å². The summed E-state index contributed by atoms with van der Waals surface area (Å²) in [4.78, 5) is 16.6. The molecule has 1 aliphatic rings. The van der Waals surface area contributed by atoms with Gasteiger partial charge < -0.3 is 19.1 Å². The number of carbonyl (C=O) groups is 1. The molecular weight excluding hydrogens is 386 g/mol. The summed E-state index contributed by atoms with van der Waals surface area (Å²) in [6, 6.07) is 7.33. The van der Waals surface area contributed by atoms with Crippen molar-refractivity contribution in [3.05, 3.63) is 35.1 Å². The van der Waals surface area contributed by atoms with Crippen molar-refractivity contribution >= 4 is 29.3 Å². The molecule has 0 atom stereocenters. The first-order valence-electron chi connectivity index (χ1n) is 8.97. The van der Waals surface area contributed by atoms with Gasteiger partial charge >= 0.3 is 0 Å². The van der Waals surface area contributed by atoms with Gasteiger partial charge in [0.1, 0.15) is 12.4 Å². The van der Waals surface area contributed by atoms with Crippen molar-refractivity contribution < 1.29 is 9.53 Å². The van der Waals surface area contributed by atoms with Gasteiger partial charge in [0, 0.05) is 32.7 Å². The van der Waals surface area contributed by atoms with Crippen LogP contribution in [0, 0.1) is 0 Å². The molecule has 2 aromatic rings. The third-order valence-corrected chi connectivity index (χ3v) is 5.75. The first-order valence-corrected chi connectivity index (χ1v) is 10.3. The Morgan fingerprint density at radius 3 is 2.67 bits per heavy atom. The lowest BCUT2D eigenvalue weighted by atomic mass is 10.3. The summed E-state index contributed by atoms with van der Waals surface area (Å²) in [5.74, 6) is 1.84. The maximum Gasteiger partial charge on any atom is 0.233 e. The number of thioether (sulfide) groups is 1. The smallest absolute Gasteiger partial charge is 0.233 e. The zero-order valence-electron chi connectivity index (χ0n) is 15.6. The van der Waals surface area contributed by atoms with Gasteiger partial charge in [-0.3, -0.25) is 4.79 Å². The number of hydrogen-bond acceptors (Lipinski definition) is 6. The number of carbonyl (C=O) groups excluding carboxylic acids is 1. The minimum absolute atomic E-state index is 0.146. The maximum atomic E-state index is 12.4. The second-order valence-corrected chi connectivity index (χ2v) is 7.68. The first-order chi connectivity index (χ1) is 13.1. The van der Waals surface area contributed by atoms with E-state index < -0.39 is 0 Å². The second-order valence-electron chi connectivity index (χ2n) is 6.33. The van der Waals surface area contributed by atoms with Gasteiger partial charge in [0.25, 0.3) is 0 Å². The van der Waals surface area contributed by atoms with Gasteiger partial charge in [-0.15, -0.1) is 10.2 Å². The predicted octanol–water partition coefficient (Wildman–Crippen LogP) is 2.40. The lowest BCUT2D eigenvalue weighted by Crippen LogP contribution is -2.47. The van der Waals surface area contributed by atoms with Crippen LogP contribution in [0.4, 0.5) is 0 Å². The lowest BCUT2D eigenvalue weighted by molar-refractivity contribution is -0.129. The summed E-state index contributed by atoms with van der Waals surface area (Å²) < 4.78 is 7.74. The first kappa shape index (κ1) is 20.0. The third-order valence-electron chi connectivity index (χ3n) is 4.48. The van der Waals surface area contributed by atoms with E-state index in [0.717, 1.165) is 31.3 Å². The number of hydrogen-bond donors (Lipinski definition) is 0. The molecule has 7 nitrogen and oxygen atoms in total. The Kier molecular flexibility index (Phi) is 6.98. The van der Waals surface area contributed by atoms with E-state index in [4.69, 9.17) is 16.3 Å². The summed E-state index contributed by atoms with van der Waals surface area (Å²) in [6.07, 6.45) is 0. The van der Waals surface area contributed by atoms with E-state index in [0.29, 0.717) is 28.9 Å². The van der Waals surface area contributed by atoms with Crippen LogP contribution in [0.5, 0.6) is 5.75 Å². The highest BCUT2D eigenvalue weighted by molar-refractivity contribution is 7.99. The molecule has 2 heterocycles. The zero-order chi connectivity index (χ0) is 19.2. The maximum absolute atomic E-state index is 12.4. The molecule has 1 saturated heterocycles. The quantitative estimate of drug-likeness (QED) is 0.654. The molecule has 0 unspecified atom stereocenters. The van der Waals surface area contributed by atoms with Gasteiger partial charge in [-0.2, -0.15) is 0 Å². The minimum Gasteiger partial charge on any atom is -0.484 e. The van der Waals surface area contributed by atoms with Gasteiger partial charge in [-0.25, -0.2) is 0 Å². The van der Waals surface area contributed by atoms with Gasteiger partial charge in [0.2, 0.25) is 5.91 Å². The van der Waals surface area contributed by atoms with E-state index in [-0.39, 0.29) is 12.5 Å². The molecule has 1 aliphatic heterocycles. The Hall–Kier alpha value is -1.77. The standard InChI is InChI=1S/C18H24ClN5O2S/c1-3-24-16(12-26-15-7-5-4-6-14(15)19)20-21-18(24)27-13-17(25)23-10-8-22(2)9-11-23/h4-7H,3,8-13H2,1-2H3. The number of ether oxygens (including phenoxy) is 1. The van der Waals surface area contributed by atoms with Crippen LogP contribution in [-0.2, 0) is 17.9 Å². The monoisotopic (exact) mass is 409 g/mol. The van der Waals surface area contributed by atoms with E-state index in [2.05, 4.69) is 22.1 Å². The number of nitrogens with zero attached hydrogens (tertiary/aromatic N) is 5. The van der Waals surface area contributed by atoms with Gasteiger partial charge in [-0.1, -0.05) is 35.5 Å². The molecule has 27 heavy (non-hydrogen) atoms. The highest BCUT2D eigenvalue weighted by atomic mass is 35.5. The topological polar surface area (TPSA) is 63.5 Å². The van der Waals surface area contributed by atoms with Crippen molar-refractivity contribution in [2.24, 2.45) is 0 Å². The van der Waals surface area contributed by atoms with Crippen LogP contribution in [-0.4, -0.2) is 69.5 Å². The molecule has 9 heteroatoms. The number of halogens is 1. The Morgan fingerprint density at radius 2 is 1.96 bits per heavy atom. The molecule has 0 radical (unpaired) electrons. The average molecular weight is 410 g/mol. The number of likely N-dealkylation sites (N-methyl/N-ethyl adjacent to an activating group) is 1. The van der Waals surface area contributed by atoms with Crippen molar-refractivity contribution in [1.82, 2.24) is 24.6 Å². The summed E-state index contributed by atoms with van der Waals surface area (Å²) in [7, 11) is 2.08. The number of amides is 1. The molecule has 1 amide bonds. The summed E-state index contributed by atoms with van der Waals surface area (Å²) in [6.45, 7) is 6.42. The van der Waals surface area contributed by atoms with Gasteiger partial charge in [-0.05, 0) is 26.1 Å². The van der Waals surface area contributed by atoms with Crippen LogP contribution in [0.15, 0.2) is 29.4 Å². The molecule has 1 fully saturated rings. The van der Waals surface area contributed by atoms with Crippen LogP contribution in [0.3, 0.4) is 0 Å². The van der Waals surface area contributed by atoms with Gasteiger partial charge in [0.05, 0.1) is 10.8 Å². The minimum atomic E-state index is 0.146. The van der Waals surface area contributed by atoms with E-state index in [9.17, 15) is 4.79 Å². The molecule has 1 aromatic heterocycles. The molecule has 0 bridgehead atoms. The zero-order valence-corrected chi connectivity index (χ0v) is 17.2. The number of aromatic nitrogens is 3. The van der Waals surface area contributed by atoms with Crippen LogP contribution in [0.1, 0.15) is 12.7 Å². The molecule has 0 N–H and O–H groups in total. The van der Waals surface area contributed by atoms with Crippen LogP contribution in [0.2, 0.25) is 5.02 Å². The van der Waals surface area contributed by atoms with Crippen LogP contribution in [0.25, 0.3) is 0 Å². The largest absolute Gasteiger partial charge is 0.484 e. The molecule has 0 saturated carbocycles. The van der Waals surface area contributed by atoms with E-state index >= 15 is 0 Å². The molecule has 3 rings (SSSR count). The summed E-state index contributed by atoms with van der Waals surface area (Å²) in [5.41, 5.74) is 0. The lowest BCUT2D eigenvalue weighted by Gasteiger charge is -2.32. The van der Waals surface area contributed by atoms with Crippen molar-refractivity contribution in [1.29, 1.82) is 0 Å². The summed E-state index contributed by atoms with van der Waals surface area (Å²) >= 11 is 7.54. The Bertz CT molecular complexity index is 777.